The maximum Gasteiger partial charge on any atom is 0.133 e. The highest BCUT2D eigenvalue weighted by Gasteiger charge is 2.15. The normalized spacial score (nSPS) is 12.2. The Kier molecular flexibility index (Phi) is 6.37. The van der Waals surface area contributed by atoms with Crippen LogP contribution in [0, 0.1) is 0 Å². The van der Waals surface area contributed by atoms with Crippen molar-refractivity contribution in [2.75, 3.05) is 20.3 Å². The molecule has 0 aliphatic rings. The van der Waals surface area contributed by atoms with Gasteiger partial charge in [0.15, 0.2) is 0 Å². The van der Waals surface area contributed by atoms with E-state index in [-0.39, 0.29) is 5.38 Å². The SMILES string of the molecule is COCCOc1ccc(C(Cl)c2ccccc2Cl)cc1Br. The van der Waals surface area contributed by atoms with Gasteiger partial charge in [-0.25, -0.2) is 0 Å². The molecule has 0 heterocycles. The summed E-state index contributed by atoms with van der Waals surface area (Å²) in [6, 6.07) is 13.4. The second kappa shape index (κ2) is 8.04. The lowest BCUT2D eigenvalue weighted by atomic mass is 10.0. The number of halogens is 3. The number of hydrogen-bond donors (Lipinski definition) is 0. The number of ether oxygens (including phenoxy) is 2. The van der Waals surface area contributed by atoms with Crippen molar-refractivity contribution >= 4 is 39.1 Å². The zero-order valence-electron chi connectivity index (χ0n) is 11.5. The second-order valence-electron chi connectivity index (χ2n) is 4.42. The first-order valence-electron chi connectivity index (χ1n) is 6.43. The first-order chi connectivity index (χ1) is 10.1. The lowest BCUT2D eigenvalue weighted by molar-refractivity contribution is 0.146. The van der Waals surface area contributed by atoms with E-state index in [9.17, 15) is 0 Å². The molecule has 0 aliphatic carbocycles. The van der Waals surface area contributed by atoms with Crippen LogP contribution < -0.4 is 4.74 Å². The summed E-state index contributed by atoms with van der Waals surface area (Å²) in [6.45, 7) is 1.05. The summed E-state index contributed by atoms with van der Waals surface area (Å²) >= 11 is 16.2. The van der Waals surface area contributed by atoms with Crippen molar-refractivity contribution in [2.45, 2.75) is 5.38 Å². The van der Waals surface area contributed by atoms with Gasteiger partial charge < -0.3 is 9.47 Å². The minimum Gasteiger partial charge on any atom is -0.490 e. The topological polar surface area (TPSA) is 18.5 Å². The molecule has 0 fully saturated rings. The van der Waals surface area contributed by atoms with E-state index in [1.54, 1.807) is 7.11 Å². The number of rotatable bonds is 6. The Morgan fingerprint density at radius 2 is 1.90 bits per heavy atom. The summed E-state index contributed by atoms with van der Waals surface area (Å²) in [6.07, 6.45) is 0. The molecule has 0 radical (unpaired) electrons. The summed E-state index contributed by atoms with van der Waals surface area (Å²) in [5.41, 5.74) is 1.84. The van der Waals surface area contributed by atoms with E-state index < -0.39 is 0 Å². The largest absolute Gasteiger partial charge is 0.490 e. The minimum atomic E-state index is -0.303. The highest BCUT2D eigenvalue weighted by molar-refractivity contribution is 9.10. The smallest absolute Gasteiger partial charge is 0.133 e. The number of hydrogen-bond acceptors (Lipinski definition) is 2. The van der Waals surface area contributed by atoms with Crippen molar-refractivity contribution in [1.29, 1.82) is 0 Å². The molecule has 112 valence electrons. The fraction of sp³-hybridized carbons (Fsp3) is 0.250. The van der Waals surface area contributed by atoms with Crippen LogP contribution in [-0.4, -0.2) is 20.3 Å². The lowest BCUT2D eigenvalue weighted by Gasteiger charge is -2.14. The molecule has 5 heteroatoms. The number of alkyl halides is 1. The van der Waals surface area contributed by atoms with Gasteiger partial charge in [-0.05, 0) is 45.3 Å². The second-order valence-corrected chi connectivity index (χ2v) is 6.11. The monoisotopic (exact) mass is 388 g/mol. The van der Waals surface area contributed by atoms with Crippen LogP contribution in [0.3, 0.4) is 0 Å². The van der Waals surface area contributed by atoms with Gasteiger partial charge in [0.1, 0.15) is 12.4 Å². The molecule has 0 spiro atoms. The van der Waals surface area contributed by atoms with E-state index in [0.29, 0.717) is 18.2 Å². The molecule has 0 bridgehead atoms. The first-order valence-corrected chi connectivity index (χ1v) is 8.04. The Bertz CT molecular complexity index is 605. The van der Waals surface area contributed by atoms with Crippen LogP contribution in [0.4, 0.5) is 0 Å². The molecule has 21 heavy (non-hydrogen) atoms. The quantitative estimate of drug-likeness (QED) is 0.482. The van der Waals surface area contributed by atoms with Gasteiger partial charge in [-0.2, -0.15) is 0 Å². The standard InChI is InChI=1S/C16H15BrCl2O2/c1-20-8-9-21-15-7-6-11(10-13(15)17)16(19)12-4-2-3-5-14(12)18/h2-7,10,16H,8-9H2,1H3. The fourth-order valence-corrected chi connectivity index (χ4v) is 3.02. The van der Waals surface area contributed by atoms with Gasteiger partial charge in [0, 0.05) is 12.1 Å². The first kappa shape index (κ1) is 16.6. The van der Waals surface area contributed by atoms with Gasteiger partial charge in [0.05, 0.1) is 16.5 Å². The predicted molar refractivity (Wildman–Crippen MR) is 90.7 cm³/mol. The summed E-state index contributed by atoms with van der Waals surface area (Å²) < 4.78 is 11.4. The van der Waals surface area contributed by atoms with E-state index in [1.807, 2.05) is 42.5 Å². The number of benzene rings is 2. The van der Waals surface area contributed by atoms with E-state index in [1.165, 1.54) is 0 Å². The summed E-state index contributed by atoms with van der Waals surface area (Å²) in [5, 5.41) is 0.358. The van der Waals surface area contributed by atoms with Crippen molar-refractivity contribution in [2.24, 2.45) is 0 Å². The third kappa shape index (κ3) is 4.36. The predicted octanol–water partition coefficient (Wildman–Crippen LogP) is 5.46. The Morgan fingerprint density at radius 1 is 1.14 bits per heavy atom. The molecule has 0 aliphatic heterocycles. The van der Waals surface area contributed by atoms with Crippen LogP contribution in [0.1, 0.15) is 16.5 Å². The van der Waals surface area contributed by atoms with Crippen molar-refractivity contribution in [3.8, 4) is 5.75 Å². The molecule has 2 aromatic rings. The van der Waals surface area contributed by atoms with Crippen molar-refractivity contribution in [1.82, 2.24) is 0 Å². The van der Waals surface area contributed by atoms with Gasteiger partial charge in [0.2, 0.25) is 0 Å². The van der Waals surface area contributed by atoms with Gasteiger partial charge in [-0.1, -0.05) is 35.9 Å². The Hall–Kier alpha value is -0.740. The van der Waals surface area contributed by atoms with Crippen LogP contribution in [-0.2, 0) is 4.74 Å². The highest BCUT2D eigenvalue weighted by Crippen LogP contribution is 2.36. The number of methoxy groups -OCH3 is 1. The maximum atomic E-state index is 6.52. The van der Waals surface area contributed by atoms with Gasteiger partial charge in [-0.15, -0.1) is 11.6 Å². The zero-order chi connectivity index (χ0) is 15.2. The van der Waals surface area contributed by atoms with Crippen LogP contribution in [0.5, 0.6) is 5.75 Å². The fourth-order valence-electron chi connectivity index (χ4n) is 1.89. The van der Waals surface area contributed by atoms with Crippen LogP contribution in [0.25, 0.3) is 0 Å². The highest BCUT2D eigenvalue weighted by atomic mass is 79.9. The molecule has 1 unspecified atom stereocenters. The zero-order valence-corrected chi connectivity index (χ0v) is 14.6. The lowest BCUT2D eigenvalue weighted by Crippen LogP contribution is -2.05. The minimum absolute atomic E-state index is 0.303. The molecule has 2 nitrogen and oxygen atoms in total. The third-order valence-electron chi connectivity index (χ3n) is 2.97. The van der Waals surface area contributed by atoms with Crippen molar-refractivity contribution < 1.29 is 9.47 Å². The summed E-state index contributed by atoms with van der Waals surface area (Å²) in [7, 11) is 1.64. The van der Waals surface area contributed by atoms with Gasteiger partial charge >= 0.3 is 0 Å². The van der Waals surface area contributed by atoms with Gasteiger partial charge in [0.25, 0.3) is 0 Å². The van der Waals surface area contributed by atoms with Crippen molar-refractivity contribution in [3.63, 3.8) is 0 Å². The molecule has 0 saturated heterocycles. The summed E-state index contributed by atoms with van der Waals surface area (Å²) in [4.78, 5) is 0. The molecule has 0 saturated carbocycles. The molecule has 2 aromatic carbocycles. The van der Waals surface area contributed by atoms with E-state index in [4.69, 9.17) is 32.7 Å². The molecule has 0 N–H and O–H groups in total. The molecule has 0 aromatic heterocycles. The molecule has 0 amide bonds. The van der Waals surface area contributed by atoms with Crippen LogP contribution in [0.15, 0.2) is 46.9 Å². The Morgan fingerprint density at radius 3 is 2.57 bits per heavy atom. The van der Waals surface area contributed by atoms with E-state index >= 15 is 0 Å². The Balaban J connectivity index is 2.18. The van der Waals surface area contributed by atoms with Crippen molar-refractivity contribution in [3.05, 3.63) is 63.1 Å². The van der Waals surface area contributed by atoms with Crippen LogP contribution in [0.2, 0.25) is 5.02 Å². The van der Waals surface area contributed by atoms with E-state index in [0.717, 1.165) is 21.3 Å². The summed E-state index contributed by atoms with van der Waals surface area (Å²) in [5.74, 6) is 0.763. The third-order valence-corrected chi connectivity index (χ3v) is 4.42. The molecule has 2 rings (SSSR count). The van der Waals surface area contributed by atoms with E-state index in [2.05, 4.69) is 15.9 Å². The average Bonchev–Trinajstić information content (AvgIpc) is 2.49. The molecular weight excluding hydrogens is 375 g/mol. The molecular formula is C16H15BrCl2O2. The van der Waals surface area contributed by atoms with Gasteiger partial charge in [-0.3, -0.25) is 0 Å². The van der Waals surface area contributed by atoms with Crippen LogP contribution >= 0.6 is 39.1 Å². The maximum absolute atomic E-state index is 6.52. The average molecular weight is 390 g/mol. The Labute approximate surface area is 143 Å². The molecule has 1 atom stereocenters.